The van der Waals surface area contributed by atoms with Gasteiger partial charge in [0, 0.05) is 38.2 Å². The predicted octanol–water partition coefficient (Wildman–Crippen LogP) is 14.3. The number of furan rings is 1. The predicted molar refractivity (Wildman–Crippen MR) is 241 cm³/mol. The third-order valence-corrected chi connectivity index (χ3v) is 11.1. The molecule has 11 aromatic rings. The third kappa shape index (κ3) is 5.77. The van der Waals surface area contributed by atoms with Crippen molar-refractivity contribution in [1.29, 1.82) is 0 Å². The molecule has 7 nitrogen and oxygen atoms in total. The highest BCUT2D eigenvalue weighted by Gasteiger charge is 2.22. The van der Waals surface area contributed by atoms with Crippen LogP contribution in [0, 0.1) is 13.1 Å². The monoisotopic (exact) mass is 766 g/mol. The maximum Gasteiger partial charge on any atom is 0.177 e. The molecule has 0 spiro atoms. The van der Waals surface area contributed by atoms with Gasteiger partial charge in [0.05, 0.1) is 29.9 Å². The molecule has 0 amide bonds. The first-order chi connectivity index (χ1) is 29.6. The van der Waals surface area contributed by atoms with Gasteiger partial charge in [0.25, 0.3) is 0 Å². The number of rotatable bonds is 6. The van der Waals surface area contributed by atoms with E-state index in [1.807, 2.05) is 103 Å². The van der Waals surface area contributed by atoms with E-state index in [4.69, 9.17) is 32.5 Å². The van der Waals surface area contributed by atoms with E-state index in [2.05, 4.69) is 87.1 Å². The molecule has 0 saturated carbocycles. The lowest BCUT2D eigenvalue weighted by atomic mass is 9.96. The molecule has 8 aromatic carbocycles. The second-order valence-corrected chi connectivity index (χ2v) is 14.6. The summed E-state index contributed by atoms with van der Waals surface area (Å²) in [6, 6.07) is 61.0. The summed E-state index contributed by atoms with van der Waals surface area (Å²) in [6.07, 6.45) is 0. The number of aromatic nitrogens is 4. The Hall–Kier alpha value is -8.65. The van der Waals surface area contributed by atoms with Crippen molar-refractivity contribution >= 4 is 55.1 Å². The Morgan fingerprint density at radius 2 is 1.00 bits per heavy atom. The van der Waals surface area contributed by atoms with Crippen molar-refractivity contribution < 1.29 is 4.42 Å². The molecule has 0 saturated heterocycles. The van der Waals surface area contributed by atoms with Gasteiger partial charge in [-0.05, 0) is 58.7 Å². The normalized spacial score (nSPS) is 11.3. The highest BCUT2D eigenvalue weighted by molar-refractivity contribution is 6.13. The lowest BCUT2D eigenvalue weighted by molar-refractivity contribution is 0.669. The average Bonchev–Trinajstić information content (AvgIpc) is 3.87. The smallest absolute Gasteiger partial charge is 0.177 e. The first-order valence-corrected chi connectivity index (χ1v) is 19.5. The van der Waals surface area contributed by atoms with Crippen molar-refractivity contribution in [2.75, 3.05) is 0 Å². The van der Waals surface area contributed by atoms with E-state index >= 15 is 0 Å². The molecule has 0 N–H and O–H groups in total. The molecular weight excluding hydrogens is 737 g/mol. The van der Waals surface area contributed by atoms with E-state index in [1.165, 1.54) is 0 Å². The molecule has 0 radical (unpaired) electrons. The summed E-state index contributed by atoms with van der Waals surface area (Å²) in [5, 5.41) is 4.24. The fourth-order valence-corrected chi connectivity index (χ4v) is 8.32. The van der Waals surface area contributed by atoms with E-state index in [9.17, 15) is 0 Å². The van der Waals surface area contributed by atoms with E-state index < -0.39 is 0 Å². The Labute approximate surface area is 344 Å². The fraction of sp³-hybridized carbons (Fsp3) is 0. The maximum absolute atomic E-state index is 7.72. The van der Waals surface area contributed by atoms with Crippen molar-refractivity contribution in [3.05, 3.63) is 205 Å². The summed E-state index contributed by atoms with van der Waals surface area (Å²) in [4.78, 5) is 22.9. The SMILES string of the molecule is [C-]#[N+]c1cc([N+]#[C-])cc(-c2ccc3c4ccccc4n(-c4ccc(-c5cccc6oc7ccccc7c56)cc4-c4nc(-c5ccccc5)nc(-c5ccccc5)n4)c3c2)c1. The van der Waals surface area contributed by atoms with Crippen LogP contribution in [0.25, 0.3) is 116 Å². The molecule has 3 heterocycles. The molecule has 0 atom stereocenters. The second kappa shape index (κ2) is 14.1. The van der Waals surface area contributed by atoms with Crippen LogP contribution in [-0.2, 0) is 0 Å². The molecule has 0 unspecified atom stereocenters. The van der Waals surface area contributed by atoms with Crippen molar-refractivity contribution in [3.63, 3.8) is 0 Å². The molecule has 3 aromatic heterocycles. The van der Waals surface area contributed by atoms with Crippen LogP contribution in [0.2, 0.25) is 0 Å². The van der Waals surface area contributed by atoms with Crippen LogP contribution in [0.4, 0.5) is 11.4 Å². The topological polar surface area (TPSA) is 65.5 Å². The minimum absolute atomic E-state index is 0.427. The number of hydrogen-bond donors (Lipinski definition) is 0. The summed E-state index contributed by atoms with van der Waals surface area (Å²) in [6.45, 7) is 15.4. The van der Waals surface area contributed by atoms with Crippen molar-refractivity contribution in [2.45, 2.75) is 0 Å². The molecule has 11 rings (SSSR count). The number of hydrogen-bond acceptors (Lipinski definition) is 4. The lowest BCUT2D eigenvalue weighted by Gasteiger charge is -2.17. The Bertz CT molecular complexity index is 3480. The highest BCUT2D eigenvalue weighted by Crippen LogP contribution is 2.42. The molecule has 0 aliphatic rings. The molecule has 0 fully saturated rings. The zero-order valence-corrected chi connectivity index (χ0v) is 31.9. The van der Waals surface area contributed by atoms with Gasteiger partial charge >= 0.3 is 0 Å². The highest BCUT2D eigenvalue weighted by atomic mass is 16.3. The first kappa shape index (κ1) is 34.6. The van der Waals surface area contributed by atoms with Crippen LogP contribution < -0.4 is 0 Å². The Balaban J connectivity index is 1.23. The summed E-state index contributed by atoms with van der Waals surface area (Å²) in [5.74, 6) is 1.66. The average molecular weight is 767 g/mol. The van der Waals surface area contributed by atoms with Crippen LogP contribution >= 0.6 is 0 Å². The minimum atomic E-state index is 0.427. The summed E-state index contributed by atoms with van der Waals surface area (Å²) < 4.78 is 8.63. The number of benzene rings is 8. The Morgan fingerprint density at radius 3 is 1.72 bits per heavy atom. The maximum atomic E-state index is 7.72. The standard InChI is InChI=1S/C53H30N6O/c1-54-38-28-37(29-39(32-38)55-2)35-24-26-42-41-18-9-11-21-45(41)59(47(42)31-35)46-27-25-36(40-20-13-23-49-50(40)43-19-10-12-22-48(43)60-49)30-44(46)53-57-51(33-14-5-3-6-15-33)56-52(58-53)34-16-7-4-8-17-34/h3-32H. The van der Waals surface area contributed by atoms with Crippen molar-refractivity contribution in [2.24, 2.45) is 0 Å². The second-order valence-electron chi connectivity index (χ2n) is 14.6. The van der Waals surface area contributed by atoms with Gasteiger partial charge in [-0.3, -0.25) is 0 Å². The number of nitrogens with zero attached hydrogens (tertiary/aromatic N) is 6. The van der Waals surface area contributed by atoms with Crippen LogP contribution in [0.15, 0.2) is 186 Å². The van der Waals surface area contributed by atoms with Crippen LogP contribution in [-0.4, -0.2) is 19.5 Å². The minimum Gasteiger partial charge on any atom is -0.456 e. The molecule has 0 aliphatic heterocycles. The molecule has 7 heteroatoms. The molecular formula is C53H30N6O. The van der Waals surface area contributed by atoms with Gasteiger partial charge in [0.1, 0.15) is 11.2 Å². The lowest BCUT2D eigenvalue weighted by Crippen LogP contribution is -2.04. The van der Waals surface area contributed by atoms with Crippen LogP contribution in [0.5, 0.6) is 0 Å². The van der Waals surface area contributed by atoms with Gasteiger partial charge in [0.2, 0.25) is 0 Å². The van der Waals surface area contributed by atoms with Gasteiger partial charge in [-0.2, -0.15) is 0 Å². The van der Waals surface area contributed by atoms with E-state index in [0.29, 0.717) is 28.8 Å². The zero-order chi connectivity index (χ0) is 40.2. The largest absolute Gasteiger partial charge is 0.456 e. The molecule has 0 bridgehead atoms. The molecule has 278 valence electrons. The van der Waals surface area contributed by atoms with Crippen molar-refractivity contribution in [3.8, 4) is 62.1 Å². The zero-order valence-electron chi connectivity index (χ0n) is 31.9. The number of para-hydroxylation sites is 2. The fourth-order valence-electron chi connectivity index (χ4n) is 8.32. The Morgan fingerprint density at radius 1 is 0.400 bits per heavy atom. The quantitative estimate of drug-likeness (QED) is 0.158. The van der Waals surface area contributed by atoms with Gasteiger partial charge in [-0.15, -0.1) is 0 Å². The third-order valence-electron chi connectivity index (χ3n) is 11.1. The summed E-state index contributed by atoms with van der Waals surface area (Å²) in [7, 11) is 0. The first-order valence-electron chi connectivity index (χ1n) is 19.5. The van der Waals surface area contributed by atoms with Crippen LogP contribution in [0.1, 0.15) is 0 Å². The summed E-state index contributed by atoms with van der Waals surface area (Å²) in [5.41, 5.74) is 11.7. The summed E-state index contributed by atoms with van der Waals surface area (Å²) >= 11 is 0. The van der Waals surface area contributed by atoms with E-state index in [-0.39, 0.29) is 0 Å². The Kier molecular flexibility index (Phi) is 8.11. The van der Waals surface area contributed by atoms with E-state index in [0.717, 1.165) is 88.4 Å². The molecule has 0 aliphatic carbocycles. The van der Waals surface area contributed by atoms with Gasteiger partial charge < -0.3 is 8.98 Å². The van der Waals surface area contributed by atoms with Crippen molar-refractivity contribution in [1.82, 2.24) is 19.5 Å². The molecule has 60 heavy (non-hydrogen) atoms. The van der Waals surface area contributed by atoms with Gasteiger partial charge in [-0.25, -0.2) is 24.6 Å². The van der Waals surface area contributed by atoms with Crippen LogP contribution in [0.3, 0.4) is 0 Å². The van der Waals surface area contributed by atoms with Gasteiger partial charge in [-0.1, -0.05) is 146 Å². The number of fused-ring (bicyclic) bond motifs is 6. The van der Waals surface area contributed by atoms with E-state index in [1.54, 1.807) is 6.07 Å². The van der Waals surface area contributed by atoms with Gasteiger partial charge in [0.15, 0.2) is 28.8 Å².